The van der Waals surface area contributed by atoms with Crippen LogP contribution in [0.15, 0.2) is 137 Å². The van der Waals surface area contributed by atoms with Crippen LogP contribution in [0, 0.1) is 0 Å². The minimum atomic E-state index is -0.655. The first kappa shape index (κ1) is 31.4. The number of imide groups is 1. The van der Waals surface area contributed by atoms with E-state index in [9.17, 15) is 19.2 Å². The standard InChI is InChI=1S/C36H26ClN3O6S/c37-24-11-15-27(16-12-24)46-28-17-13-26(14-18-28)40-33(41)22-32(36(40)44)47-30-10-4-8-25(20-30)38-35(43)31(21-29-9-5-19-45-29)39-34(42)23-6-2-1-3-7-23/h1-21,32H,22H2,(H,38,43)(H,39,42)/b31-21-. The second kappa shape index (κ2) is 14.2. The van der Waals surface area contributed by atoms with Gasteiger partial charge < -0.3 is 19.8 Å². The van der Waals surface area contributed by atoms with E-state index in [0.29, 0.717) is 44.1 Å². The van der Waals surface area contributed by atoms with E-state index in [2.05, 4.69) is 10.6 Å². The molecule has 4 aromatic carbocycles. The number of anilines is 2. The van der Waals surface area contributed by atoms with Crippen LogP contribution in [0.2, 0.25) is 5.02 Å². The van der Waals surface area contributed by atoms with Gasteiger partial charge in [-0.2, -0.15) is 0 Å². The van der Waals surface area contributed by atoms with Gasteiger partial charge in [0.1, 0.15) is 23.0 Å². The monoisotopic (exact) mass is 663 g/mol. The third-order valence-corrected chi connectivity index (χ3v) is 8.41. The number of nitrogens with zero attached hydrogens (tertiary/aromatic N) is 1. The van der Waals surface area contributed by atoms with Crippen molar-refractivity contribution in [3.8, 4) is 11.5 Å². The van der Waals surface area contributed by atoms with Crippen molar-refractivity contribution >= 4 is 64.4 Å². The fourth-order valence-electron chi connectivity index (χ4n) is 4.74. The fourth-order valence-corrected chi connectivity index (χ4v) is 5.98. The fraction of sp³-hybridized carbons (Fsp3) is 0.0556. The van der Waals surface area contributed by atoms with Crippen molar-refractivity contribution < 1.29 is 28.3 Å². The van der Waals surface area contributed by atoms with E-state index in [0.717, 1.165) is 0 Å². The number of halogens is 1. The van der Waals surface area contributed by atoms with Crippen molar-refractivity contribution in [3.05, 3.63) is 144 Å². The number of furan rings is 1. The summed E-state index contributed by atoms with van der Waals surface area (Å²) < 4.78 is 11.2. The topological polar surface area (TPSA) is 118 Å². The van der Waals surface area contributed by atoms with Gasteiger partial charge in [-0.1, -0.05) is 35.9 Å². The van der Waals surface area contributed by atoms with Crippen LogP contribution >= 0.6 is 23.4 Å². The predicted octanol–water partition coefficient (Wildman–Crippen LogP) is 7.56. The van der Waals surface area contributed by atoms with E-state index >= 15 is 0 Å². The third kappa shape index (κ3) is 7.81. The minimum absolute atomic E-state index is 0.0185. The van der Waals surface area contributed by atoms with Gasteiger partial charge in [-0.3, -0.25) is 19.2 Å². The highest BCUT2D eigenvalue weighted by atomic mass is 35.5. The number of hydrogen-bond donors (Lipinski definition) is 2. The number of amides is 4. The molecule has 2 N–H and O–H groups in total. The normalized spacial score (nSPS) is 14.6. The molecule has 1 saturated heterocycles. The summed E-state index contributed by atoms with van der Waals surface area (Å²) in [4.78, 5) is 54.3. The van der Waals surface area contributed by atoms with Crippen LogP contribution in [0.3, 0.4) is 0 Å². The maximum Gasteiger partial charge on any atom is 0.272 e. The van der Waals surface area contributed by atoms with Crippen molar-refractivity contribution in [2.24, 2.45) is 0 Å². The van der Waals surface area contributed by atoms with E-state index < -0.39 is 17.1 Å². The molecule has 234 valence electrons. The summed E-state index contributed by atoms with van der Waals surface area (Å²) in [6.07, 6.45) is 2.91. The highest BCUT2D eigenvalue weighted by Gasteiger charge is 2.40. The van der Waals surface area contributed by atoms with Gasteiger partial charge >= 0.3 is 0 Å². The second-order valence-corrected chi connectivity index (χ2v) is 12.0. The molecule has 0 bridgehead atoms. The highest BCUT2D eigenvalue weighted by Crippen LogP contribution is 2.36. The molecule has 0 radical (unpaired) electrons. The number of nitrogens with one attached hydrogen (secondary N) is 2. The number of thioether (sulfide) groups is 1. The van der Waals surface area contributed by atoms with Gasteiger partial charge in [0.15, 0.2) is 0 Å². The molecule has 2 heterocycles. The molecule has 1 aliphatic heterocycles. The lowest BCUT2D eigenvalue weighted by atomic mass is 10.2. The Morgan fingerprint density at radius 2 is 1.60 bits per heavy atom. The number of hydrogen-bond acceptors (Lipinski definition) is 7. The van der Waals surface area contributed by atoms with E-state index in [-0.39, 0.29) is 23.9 Å². The van der Waals surface area contributed by atoms with Crippen LogP contribution in [-0.2, 0) is 14.4 Å². The van der Waals surface area contributed by atoms with Crippen molar-refractivity contribution in [3.63, 3.8) is 0 Å². The Morgan fingerprint density at radius 1 is 0.872 bits per heavy atom. The van der Waals surface area contributed by atoms with E-state index in [4.69, 9.17) is 20.8 Å². The smallest absolute Gasteiger partial charge is 0.272 e. The number of carbonyl (C=O) groups is 4. The average Bonchev–Trinajstić information content (AvgIpc) is 3.69. The quantitative estimate of drug-likeness (QED) is 0.117. The third-order valence-electron chi connectivity index (χ3n) is 6.98. The summed E-state index contributed by atoms with van der Waals surface area (Å²) >= 11 is 7.16. The zero-order valence-electron chi connectivity index (χ0n) is 24.6. The summed E-state index contributed by atoms with van der Waals surface area (Å²) in [6, 6.07) is 32.4. The van der Waals surface area contributed by atoms with Gasteiger partial charge in [0.2, 0.25) is 11.8 Å². The number of benzene rings is 4. The van der Waals surface area contributed by atoms with Crippen LogP contribution in [0.1, 0.15) is 22.5 Å². The largest absolute Gasteiger partial charge is 0.465 e. The van der Waals surface area contributed by atoms with Crippen LogP contribution in [0.4, 0.5) is 11.4 Å². The Morgan fingerprint density at radius 3 is 2.30 bits per heavy atom. The highest BCUT2D eigenvalue weighted by molar-refractivity contribution is 8.00. The molecule has 1 atom stereocenters. The molecule has 1 fully saturated rings. The molecule has 1 aliphatic rings. The SMILES string of the molecule is O=C(Nc1cccc(SC2CC(=O)N(c3ccc(Oc4ccc(Cl)cc4)cc3)C2=O)c1)/C(=C/c1ccco1)NC(=O)c1ccccc1. The number of rotatable bonds is 10. The number of carbonyl (C=O) groups excluding carboxylic acids is 4. The van der Waals surface area contributed by atoms with Gasteiger partial charge in [0, 0.05) is 33.7 Å². The molecular weight excluding hydrogens is 638 g/mol. The second-order valence-electron chi connectivity index (χ2n) is 10.3. The van der Waals surface area contributed by atoms with Gasteiger partial charge in [-0.15, -0.1) is 11.8 Å². The van der Waals surface area contributed by atoms with Crippen LogP contribution in [0.25, 0.3) is 6.08 Å². The van der Waals surface area contributed by atoms with Crippen molar-refractivity contribution in [2.45, 2.75) is 16.6 Å². The average molecular weight is 664 g/mol. The molecule has 9 nitrogen and oxygen atoms in total. The van der Waals surface area contributed by atoms with Gasteiger partial charge in [-0.25, -0.2) is 4.90 Å². The molecule has 0 aliphatic carbocycles. The van der Waals surface area contributed by atoms with Crippen LogP contribution in [-0.4, -0.2) is 28.9 Å². The summed E-state index contributed by atoms with van der Waals surface area (Å²) in [6.45, 7) is 0. The molecule has 0 saturated carbocycles. The Kier molecular flexibility index (Phi) is 9.51. The van der Waals surface area contributed by atoms with Crippen molar-refractivity contribution in [1.29, 1.82) is 0 Å². The Balaban J connectivity index is 1.11. The minimum Gasteiger partial charge on any atom is -0.465 e. The summed E-state index contributed by atoms with van der Waals surface area (Å²) in [5.41, 5.74) is 1.24. The van der Waals surface area contributed by atoms with E-state index in [1.165, 1.54) is 29.0 Å². The van der Waals surface area contributed by atoms with Gasteiger partial charge in [-0.05, 0) is 91.0 Å². The lowest BCUT2D eigenvalue weighted by Crippen LogP contribution is -2.31. The zero-order valence-corrected chi connectivity index (χ0v) is 26.2. The molecule has 6 rings (SSSR count). The van der Waals surface area contributed by atoms with Gasteiger partial charge in [0.25, 0.3) is 11.8 Å². The lowest BCUT2D eigenvalue weighted by molar-refractivity contribution is -0.121. The van der Waals surface area contributed by atoms with E-state index in [1.54, 1.807) is 115 Å². The summed E-state index contributed by atoms with van der Waals surface area (Å²) in [5, 5.41) is 5.40. The Bertz CT molecular complexity index is 1950. The number of ether oxygens (including phenoxy) is 1. The molecule has 1 aromatic heterocycles. The first-order valence-corrected chi connectivity index (χ1v) is 15.7. The first-order valence-electron chi connectivity index (χ1n) is 14.4. The zero-order chi connectivity index (χ0) is 32.8. The van der Waals surface area contributed by atoms with E-state index in [1.807, 2.05) is 0 Å². The van der Waals surface area contributed by atoms with Crippen molar-refractivity contribution in [2.75, 3.05) is 10.2 Å². The van der Waals surface area contributed by atoms with Gasteiger partial charge in [0.05, 0.1) is 17.2 Å². The Labute approximate surface area is 279 Å². The molecule has 5 aromatic rings. The first-order chi connectivity index (χ1) is 22.8. The van der Waals surface area contributed by atoms with Crippen LogP contribution in [0.5, 0.6) is 11.5 Å². The molecule has 4 amide bonds. The Hall–Kier alpha value is -5.58. The summed E-state index contributed by atoms with van der Waals surface area (Å²) in [7, 11) is 0. The lowest BCUT2D eigenvalue weighted by Gasteiger charge is -2.16. The maximum absolute atomic E-state index is 13.4. The molecule has 11 heteroatoms. The molecule has 47 heavy (non-hydrogen) atoms. The summed E-state index contributed by atoms with van der Waals surface area (Å²) in [5.74, 6) is -0.159. The van der Waals surface area contributed by atoms with Crippen LogP contribution < -0.4 is 20.3 Å². The molecule has 1 unspecified atom stereocenters. The maximum atomic E-state index is 13.4. The molecule has 0 spiro atoms. The van der Waals surface area contributed by atoms with Crippen molar-refractivity contribution in [1.82, 2.24) is 5.32 Å². The molecular formula is C36H26ClN3O6S. The predicted molar refractivity (Wildman–Crippen MR) is 180 cm³/mol.